The second-order valence-electron chi connectivity index (χ2n) is 12.2. The smallest absolute Gasteiger partial charge is 0.461 e. The van der Waals surface area contributed by atoms with Crippen LogP contribution in [-0.4, -0.2) is 65.7 Å². The van der Waals surface area contributed by atoms with E-state index in [1.165, 1.54) is 89.9 Å². The number of carbonyl (C=O) groups excluding carboxylic acids is 2. The zero-order valence-electron chi connectivity index (χ0n) is 30.3. The lowest BCUT2D eigenvalue weighted by Gasteiger charge is -2.20. The van der Waals surface area contributed by atoms with Gasteiger partial charge in [-0.2, -0.15) is 0 Å². The van der Waals surface area contributed by atoms with Crippen LogP contribution in [0.5, 0.6) is 0 Å². The molecule has 0 spiro atoms. The highest BCUT2D eigenvalue weighted by atomic mass is 31.2. The minimum atomic E-state index is -4.60. The van der Waals surface area contributed by atoms with Crippen LogP contribution in [0.3, 0.4) is 0 Å². The minimum Gasteiger partial charge on any atom is -0.461 e. The summed E-state index contributed by atoms with van der Waals surface area (Å²) >= 11 is 0. The minimum absolute atomic E-state index is 0.0674. The first-order valence-corrected chi connectivity index (χ1v) is 20.1. The van der Waals surface area contributed by atoms with Gasteiger partial charge in [-0.1, -0.05) is 149 Å². The SMILES string of the molecule is CCCC.CCCCCCCCCCCC/C=C/CC(=O)OC[C@H](COP(=O)(O)OC[C@@H](O)CO)OC(=O)CCCCCCCCC. The fourth-order valence-corrected chi connectivity index (χ4v) is 5.12. The van der Waals surface area contributed by atoms with E-state index in [1.807, 2.05) is 6.08 Å². The Labute approximate surface area is 287 Å². The van der Waals surface area contributed by atoms with E-state index >= 15 is 0 Å². The molecule has 0 aromatic rings. The van der Waals surface area contributed by atoms with Crippen molar-refractivity contribution < 1.29 is 47.8 Å². The predicted octanol–water partition coefficient (Wildman–Crippen LogP) is 9.13. The summed E-state index contributed by atoms with van der Waals surface area (Å²) in [4.78, 5) is 34.4. The second kappa shape index (κ2) is 36.0. The number of allylic oxidation sites excluding steroid dienone is 1. The van der Waals surface area contributed by atoms with Crippen LogP contribution in [-0.2, 0) is 32.7 Å². The van der Waals surface area contributed by atoms with Crippen molar-refractivity contribution in [2.45, 2.75) is 181 Å². The number of hydrogen-bond donors (Lipinski definition) is 3. The molecule has 0 aliphatic rings. The summed E-state index contributed by atoms with van der Waals surface area (Å²) in [6.45, 7) is 6.59. The highest BCUT2D eigenvalue weighted by Gasteiger charge is 2.27. The topological polar surface area (TPSA) is 149 Å². The average molecular weight is 695 g/mol. The number of ether oxygens (including phenoxy) is 2. The van der Waals surface area contributed by atoms with Gasteiger partial charge >= 0.3 is 19.8 Å². The van der Waals surface area contributed by atoms with Crippen LogP contribution in [0.15, 0.2) is 12.2 Å². The van der Waals surface area contributed by atoms with Gasteiger partial charge in [0.25, 0.3) is 0 Å². The monoisotopic (exact) mass is 694 g/mol. The molecule has 0 radical (unpaired) electrons. The number of phosphoric acid groups is 1. The lowest BCUT2D eigenvalue weighted by atomic mass is 10.1. The maximum atomic E-state index is 12.4. The van der Waals surface area contributed by atoms with E-state index in [2.05, 4.69) is 32.2 Å². The molecule has 0 aromatic carbocycles. The lowest BCUT2D eigenvalue weighted by molar-refractivity contribution is -0.160. The number of phosphoric ester groups is 1. The summed E-state index contributed by atoms with van der Waals surface area (Å²) in [7, 11) is -4.60. The third kappa shape index (κ3) is 37.4. The Bertz CT molecular complexity index is 775. The Hall–Kier alpha value is -1.29. The number of aliphatic hydroxyl groups is 2. The van der Waals surface area contributed by atoms with Crippen LogP contribution < -0.4 is 0 Å². The van der Waals surface area contributed by atoms with Crippen molar-refractivity contribution in [2.24, 2.45) is 0 Å². The Kier molecular flexibility index (Phi) is 36.6. The average Bonchev–Trinajstić information content (AvgIpc) is 3.06. The fourth-order valence-electron chi connectivity index (χ4n) is 4.33. The third-order valence-corrected chi connectivity index (χ3v) is 8.40. The van der Waals surface area contributed by atoms with Gasteiger partial charge in [-0.3, -0.25) is 18.6 Å². The maximum Gasteiger partial charge on any atom is 0.472 e. The van der Waals surface area contributed by atoms with Crippen molar-refractivity contribution in [1.29, 1.82) is 0 Å². The Morgan fingerprint density at radius 1 is 0.638 bits per heavy atom. The van der Waals surface area contributed by atoms with E-state index in [1.54, 1.807) is 6.08 Å². The molecule has 0 aromatic heterocycles. The van der Waals surface area contributed by atoms with Crippen LogP contribution in [0.1, 0.15) is 169 Å². The molecule has 280 valence electrons. The molecular weight excluding hydrogens is 623 g/mol. The van der Waals surface area contributed by atoms with E-state index in [9.17, 15) is 24.2 Å². The summed E-state index contributed by atoms with van der Waals surface area (Å²) in [5.74, 6) is -1.03. The molecule has 0 fully saturated rings. The van der Waals surface area contributed by atoms with Gasteiger partial charge in [-0.25, -0.2) is 4.57 Å². The highest BCUT2D eigenvalue weighted by molar-refractivity contribution is 7.47. The van der Waals surface area contributed by atoms with E-state index in [4.69, 9.17) is 19.1 Å². The number of aliphatic hydroxyl groups excluding tert-OH is 2. The highest BCUT2D eigenvalue weighted by Crippen LogP contribution is 2.43. The Morgan fingerprint density at radius 3 is 1.64 bits per heavy atom. The van der Waals surface area contributed by atoms with Crippen LogP contribution in [0, 0.1) is 0 Å². The molecule has 0 aliphatic carbocycles. The molecule has 0 saturated carbocycles. The molecule has 3 N–H and O–H groups in total. The zero-order valence-corrected chi connectivity index (χ0v) is 31.2. The van der Waals surface area contributed by atoms with Crippen molar-refractivity contribution in [2.75, 3.05) is 26.4 Å². The first-order chi connectivity index (χ1) is 22.6. The van der Waals surface area contributed by atoms with Gasteiger partial charge in [-0.05, 0) is 19.3 Å². The van der Waals surface area contributed by atoms with Gasteiger partial charge in [-0.15, -0.1) is 0 Å². The first kappa shape index (κ1) is 47.8. The van der Waals surface area contributed by atoms with Crippen molar-refractivity contribution in [3.63, 3.8) is 0 Å². The van der Waals surface area contributed by atoms with Crippen molar-refractivity contribution in [1.82, 2.24) is 0 Å². The quantitative estimate of drug-likeness (QED) is 0.0269. The molecule has 11 heteroatoms. The number of esters is 2. The third-order valence-electron chi connectivity index (χ3n) is 7.45. The molecule has 0 rings (SSSR count). The zero-order chi connectivity index (χ0) is 35.4. The summed E-state index contributed by atoms with van der Waals surface area (Å²) < 4.78 is 32.2. The number of carbonyl (C=O) groups is 2. The second-order valence-corrected chi connectivity index (χ2v) is 13.7. The first-order valence-electron chi connectivity index (χ1n) is 18.6. The molecule has 0 amide bonds. The summed E-state index contributed by atoms with van der Waals surface area (Å²) in [5, 5.41) is 18.2. The fraction of sp³-hybridized carbons (Fsp3) is 0.889. The molecule has 1 unspecified atom stereocenters. The van der Waals surface area contributed by atoms with Gasteiger partial charge in [0.05, 0.1) is 26.2 Å². The van der Waals surface area contributed by atoms with E-state index < -0.39 is 51.8 Å². The number of rotatable bonds is 32. The molecule has 0 saturated heterocycles. The van der Waals surface area contributed by atoms with Crippen molar-refractivity contribution in [3.05, 3.63) is 12.2 Å². The number of hydrogen-bond acceptors (Lipinski definition) is 9. The van der Waals surface area contributed by atoms with Gasteiger partial charge < -0.3 is 24.6 Å². The molecule has 3 atom stereocenters. The summed E-state index contributed by atoms with van der Waals surface area (Å²) in [6.07, 6.45) is 25.0. The predicted molar refractivity (Wildman–Crippen MR) is 189 cm³/mol. The largest absolute Gasteiger partial charge is 0.472 e. The number of unbranched alkanes of at least 4 members (excludes halogenated alkanes) is 17. The summed E-state index contributed by atoms with van der Waals surface area (Å²) in [5.41, 5.74) is 0. The molecule has 10 nitrogen and oxygen atoms in total. The van der Waals surface area contributed by atoms with Crippen molar-refractivity contribution >= 4 is 19.8 Å². The van der Waals surface area contributed by atoms with E-state index in [0.717, 1.165) is 32.1 Å². The molecule has 0 aliphatic heterocycles. The van der Waals surface area contributed by atoms with Gasteiger partial charge in [0, 0.05) is 6.42 Å². The van der Waals surface area contributed by atoms with Crippen LogP contribution in [0.2, 0.25) is 0 Å². The standard InChI is InChI=1S/C32H61O10P.C4H10/c1-3-5-7-9-11-12-13-14-15-16-18-19-21-23-31(35)39-27-30(28-41-43(37,38)40-26-29(34)25-33)42-32(36)24-22-20-17-10-8-6-4-2;1-3-4-2/h19,21,29-30,33-34H,3-18,20,22-28H2,1-2H3,(H,37,38);3-4H2,1-2H3/b21-19+;/t29-,30+;/m0./s1. The van der Waals surface area contributed by atoms with Crippen LogP contribution in [0.25, 0.3) is 0 Å². The van der Waals surface area contributed by atoms with Crippen molar-refractivity contribution in [3.8, 4) is 0 Å². The van der Waals surface area contributed by atoms with Gasteiger partial charge in [0.1, 0.15) is 12.7 Å². The Morgan fingerprint density at radius 2 is 1.13 bits per heavy atom. The normalized spacial score (nSPS) is 13.9. The van der Waals surface area contributed by atoms with E-state index in [-0.39, 0.29) is 19.4 Å². The molecular formula is C36H71O10P. The van der Waals surface area contributed by atoms with Gasteiger partial charge in [0.15, 0.2) is 6.10 Å². The van der Waals surface area contributed by atoms with Crippen LogP contribution in [0.4, 0.5) is 0 Å². The molecule has 0 heterocycles. The van der Waals surface area contributed by atoms with Gasteiger partial charge in [0.2, 0.25) is 0 Å². The lowest BCUT2D eigenvalue weighted by Crippen LogP contribution is -2.29. The summed E-state index contributed by atoms with van der Waals surface area (Å²) in [6, 6.07) is 0. The molecule has 47 heavy (non-hydrogen) atoms. The van der Waals surface area contributed by atoms with E-state index in [0.29, 0.717) is 6.42 Å². The Balaban J connectivity index is 0. The van der Waals surface area contributed by atoms with Crippen LogP contribution >= 0.6 is 7.82 Å². The maximum absolute atomic E-state index is 12.4. The molecule has 0 bridgehead atoms.